The third-order valence-electron chi connectivity index (χ3n) is 1.98. The SMILES string of the molecule is CCOC(=O)c1cc([N+](=O)[O-])cc([N+](=O)[O-])c1O. The first kappa shape index (κ1) is 13.4. The van der Waals surface area contributed by atoms with Gasteiger partial charge in [0, 0.05) is 6.07 Å². The molecule has 0 fully saturated rings. The quantitative estimate of drug-likeness (QED) is 0.488. The van der Waals surface area contributed by atoms with Crippen molar-refractivity contribution < 1.29 is 24.5 Å². The Labute approximate surface area is 99.9 Å². The molecule has 1 aromatic rings. The average Bonchev–Trinajstić information content (AvgIpc) is 2.28. The number of nitro benzene ring substituents is 2. The largest absolute Gasteiger partial charge is 0.501 e. The van der Waals surface area contributed by atoms with Gasteiger partial charge in [-0.15, -0.1) is 0 Å². The highest BCUT2D eigenvalue weighted by molar-refractivity contribution is 5.95. The van der Waals surface area contributed by atoms with E-state index in [9.17, 15) is 30.1 Å². The number of aromatic hydroxyl groups is 1. The number of carbonyl (C=O) groups excluding carboxylic acids is 1. The highest BCUT2D eigenvalue weighted by atomic mass is 16.6. The van der Waals surface area contributed by atoms with Gasteiger partial charge in [0.15, 0.2) is 0 Å². The van der Waals surface area contributed by atoms with Gasteiger partial charge in [-0.1, -0.05) is 0 Å². The molecule has 0 spiro atoms. The zero-order valence-electron chi connectivity index (χ0n) is 9.15. The molecular formula is C9H8N2O7. The van der Waals surface area contributed by atoms with Crippen LogP contribution in [0.25, 0.3) is 0 Å². The minimum absolute atomic E-state index is 0.0330. The molecule has 0 radical (unpaired) electrons. The normalized spacial score (nSPS) is 9.83. The lowest BCUT2D eigenvalue weighted by Gasteiger charge is -2.04. The number of esters is 1. The van der Waals surface area contributed by atoms with Crippen molar-refractivity contribution in [2.45, 2.75) is 6.92 Å². The maximum Gasteiger partial charge on any atom is 0.342 e. The summed E-state index contributed by atoms with van der Waals surface area (Å²) in [5.74, 6) is -2.02. The van der Waals surface area contributed by atoms with E-state index >= 15 is 0 Å². The van der Waals surface area contributed by atoms with Gasteiger partial charge < -0.3 is 9.84 Å². The Balaban J connectivity index is 3.45. The van der Waals surface area contributed by atoms with Crippen molar-refractivity contribution in [3.8, 4) is 5.75 Å². The highest BCUT2D eigenvalue weighted by Crippen LogP contribution is 2.34. The Hall–Kier alpha value is -2.71. The molecule has 0 heterocycles. The van der Waals surface area contributed by atoms with Gasteiger partial charge in [-0.25, -0.2) is 4.79 Å². The molecule has 0 aliphatic carbocycles. The molecule has 0 aliphatic rings. The fourth-order valence-electron chi connectivity index (χ4n) is 1.21. The predicted octanol–water partition coefficient (Wildman–Crippen LogP) is 1.39. The third-order valence-corrected chi connectivity index (χ3v) is 1.98. The molecule has 18 heavy (non-hydrogen) atoms. The summed E-state index contributed by atoms with van der Waals surface area (Å²) in [6, 6.07) is 1.29. The zero-order valence-corrected chi connectivity index (χ0v) is 9.15. The average molecular weight is 256 g/mol. The van der Waals surface area contributed by atoms with E-state index in [0.717, 1.165) is 6.07 Å². The molecule has 1 aromatic carbocycles. The van der Waals surface area contributed by atoms with Crippen LogP contribution < -0.4 is 0 Å². The van der Waals surface area contributed by atoms with Crippen molar-refractivity contribution in [1.82, 2.24) is 0 Å². The molecule has 0 aliphatic heterocycles. The summed E-state index contributed by atoms with van der Waals surface area (Å²) in [5, 5.41) is 30.7. The first-order valence-corrected chi connectivity index (χ1v) is 4.71. The second-order valence-electron chi connectivity index (χ2n) is 3.10. The van der Waals surface area contributed by atoms with Gasteiger partial charge in [-0.3, -0.25) is 20.2 Å². The van der Waals surface area contributed by atoms with Gasteiger partial charge in [-0.05, 0) is 6.92 Å². The lowest BCUT2D eigenvalue weighted by atomic mass is 10.1. The van der Waals surface area contributed by atoms with Crippen LogP contribution in [-0.2, 0) is 4.74 Å². The van der Waals surface area contributed by atoms with Gasteiger partial charge in [0.25, 0.3) is 5.69 Å². The van der Waals surface area contributed by atoms with E-state index in [1.165, 1.54) is 6.92 Å². The number of phenolic OH excluding ortho intramolecular Hbond substituents is 1. The molecule has 96 valence electrons. The molecule has 0 saturated heterocycles. The zero-order chi connectivity index (χ0) is 13.9. The van der Waals surface area contributed by atoms with E-state index in [2.05, 4.69) is 4.74 Å². The summed E-state index contributed by atoms with van der Waals surface area (Å²) in [5.41, 5.74) is -2.22. The van der Waals surface area contributed by atoms with Crippen LogP contribution in [0.4, 0.5) is 11.4 Å². The van der Waals surface area contributed by atoms with E-state index in [1.54, 1.807) is 0 Å². The number of hydrogen-bond donors (Lipinski definition) is 1. The summed E-state index contributed by atoms with van der Waals surface area (Å²) < 4.78 is 4.53. The molecule has 1 N–H and O–H groups in total. The first-order valence-electron chi connectivity index (χ1n) is 4.71. The Kier molecular flexibility index (Phi) is 3.77. The Morgan fingerprint density at radius 2 is 1.94 bits per heavy atom. The monoisotopic (exact) mass is 256 g/mol. The molecule has 0 saturated carbocycles. The summed E-state index contributed by atoms with van der Waals surface area (Å²) in [6.07, 6.45) is 0. The number of nitrogens with zero attached hydrogens (tertiary/aromatic N) is 2. The van der Waals surface area contributed by atoms with E-state index in [4.69, 9.17) is 0 Å². The number of rotatable bonds is 4. The van der Waals surface area contributed by atoms with Crippen molar-refractivity contribution in [3.63, 3.8) is 0 Å². The summed E-state index contributed by atoms with van der Waals surface area (Å²) in [7, 11) is 0. The number of carbonyl (C=O) groups is 1. The van der Waals surface area contributed by atoms with Crippen LogP contribution in [0.3, 0.4) is 0 Å². The number of benzene rings is 1. The van der Waals surface area contributed by atoms with Gasteiger partial charge >= 0.3 is 11.7 Å². The van der Waals surface area contributed by atoms with E-state index in [1.807, 2.05) is 0 Å². The highest BCUT2D eigenvalue weighted by Gasteiger charge is 2.27. The van der Waals surface area contributed by atoms with Crippen molar-refractivity contribution in [2.75, 3.05) is 6.61 Å². The van der Waals surface area contributed by atoms with Crippen LogP contribution >= 0.6 is 0 Å². The summed E-state index contributed by atoms with van der Waals surface area (Å²) >= 11 is 0. The Morgan fingerprint density at radius 1 is 1.33 bits per heavy atom. The number of ether oxygens (including phenoxy) is 1. The molecule has 0 atom stereocenters. The van der Waals surface area contributed by atoms with Crippen LogP contribution in [-0.4, -0.2) is 27.5 Å². The van der Waals surface area contributed by atoms with Crippen molar-refractivity contribution >= 4 is 17.3 Å². The van der Waals surface area contributed by atoms with Crippen LogP contribution in [0.1, 0.15) is 17.3 Å². The van der Waals surface area contributed by atoms with Crippen LogP contribution in [0.5, 0.6) is 5.75 Å². The maximum atomic E-state index is 11.4. The van der Waals surface area contributed by atoms with Gasteiger partial charge in [0.05, 0.1) is 22.5 Å². The third kappa shape index (κ3) is 2.51. The first-order chi connectivity index (χ1) is 8.38. The molecule has 0 unspecified atom stereocenters. The topological polar surface area (TPSA) is 133 Å². The maximum absolute atomic E-state index is 11.4. The smallest absolute Gasteiger partial charge is 0.342 e. The van der Waals surface area contributed by atoms with Crippen molar-refractivity contribution in [2.24, 2.45) is 0 Å². The van der Waals surface area contributed by atoms with E-state index in [0.29, 0.717) is 6.07 Å². The van der Waals surface area contributed by atoms with E-state index < -0.39 is 38.5 Å². The number of phenols is 1. The van der Waals surface area contributed by atoms with Gasteiger partial charge in [0.1, 0.15) is 5.56 Å². The number of non-ortho nitro benzene ring substituents is 1. The van der Waals surface area contributed by atoms with Crippen LogP contribution in [0, 0.1) is 20.2 Å². The summed E-state index contributed by atoms with van der Waals surface area (Å²) in [4.78, 5) is 30.6. The predicted molar refractivity (Wildman–Crippen MR) is 57.4 cm³/mol. The van der Waals surface area contributed by atoms with E-state index in [-0.39, 0.29) is 6.61 Å². The van der Waals surface area contributed by atoms with Crippen molar-refractivity contribution in [3.05, 3.63) is 37.9 Å². The van der Waals surface area contributed by atoms with Crippen LogP contribution in [0.2, 0.25) is 0 Å². The lowest BCUT2D eigenvalue weighted by molar-refractivity contribution is -0.394. The second kappa shape index (κ2) is 5.08. The lowest BCUT2D eigenvalue weighted by Crippen LogP contribution is -2.07. The second-order valence-corrected chi connectivity index (χ2v) is 3.10. The molecule has 9 nitrogen and oxygen atoms in total. The minimum atomic E-state index is -1.07. The fraction of sp³-hybridized carbons (Fsp3) is 0.222. The summed E-state index contributed by atoms with van der Waals surface area (Å²) in [6.45, 7) is 1.45. The Morgan fingerprint density at radius 3 is 2.39 bits per heavy atom. The number of nitro groups is 2. The molecule has 9 heteroatoms. The fourth-order valence-corrected chi connectivity index (χ4v) is 1.21. The van der Waals surface area contributed by atoms with Gasteiger partial charge in [0.2, 0.25) is 5.75 Å². The number of hydrogen-bond acceptors (Lipinski definition) is 7. The molecule has 0 bridgehead atoms. The molecular weight excluding hydrogens is 248 g/mol. The van der Waals surface area contributed by atoms with Crippen LogP contribution in [0.15, 0.2) is 12.1 Å². The Bertz CT molecular complexity index is 526. The standard InChI is InChI=1S/C9H8N2O7/c1-2-18-9(13)6-3-5(10(14)15)4-7(8(6)12)11(16)17/h3-4,12H,2H2,1H3. The van der Waals surface area contributed by atoms with Gasteiger partial charge in [-0.2, -0.15) is 0 Å². The van der Waals surface area contributed by atoms with Crippen molar-refractivity contribution in [1.29, 1.82) is 0 Å². The molecule has 0 aromatic heterocycles. The molecule has 1 rings (SSSR count). The minimum Gasteiger partial charge on any atom is -0.501 e. The molecule has 0 amide bonds.